The number of hydrogen-bond donors (Lipinski definition) is 1. The molecule has 1 aromatic rings. The van der Waals surface area contributed by atoms with E-state index >= 15 is 0 Å². The molecule has 0 saturated carbocycles. The molecule has 0 heterocycles. The van der Waals surface area contributed by atoms with E-state index in [4.69, 9.17) is 19.9 Å². The monoisotopic (exact) mass is 405 g/mol. The third-order valence-corrected chi connectivity index (χ3v) is 5.52. The zero-order valence-electron chi connectivity index (χ0n) is 15.4. The van der Waals surface area contributed by atoms with Crippen LogP contribution in [0.2, 0.25) is 0 Å². The Morgan fingerprint density at radius 1 is 0.727 bits per heavy atom. The molecular weight excluding hydrogens is 376 g/mol. The summed E-state index contributed by atoms with van der Waals surface area (Å²) in [7, 11) is 12.4. The molecule has 0 saturated heterocycles. The van der Waals surface area contributed by atoms with Gasteiger partial charge in [0.05, 0.1) is 0 Å². The van der Waals surface area contributed by atoms with E-state index in [9.17, 15) is 0 Å². The molecule has 1 rings (SSSR count). The van der Waals surface area contributed by atoms with Crippen LogP contribution in [0.1, 0.15) is 79.0 Å². The molecule has 0 unspecified atom stereocenters. The molecule has 0 radical (unpaired) electrons. The van der Waals surface area contributed by atoms with Crippen molar-refractivity contribution in [3.63, 3.8) is 0 Å². The van der Waals surface area contributed by atoms with Crippen molar-refractivity contribution < 1.29 is 0 Å². The van der Waals surface area contributed by atoms with Gasteiger partial charge < -0.3 is 0 Å². The molecule has 4 heteroatoms. The minimum atomic E-state index is -2.03. The number of nitrogens with one attached hydrogen (secondary N) is 1. The first-order valence-corrected chi connectivity index (χ1v) is 13.6. The molecule has 0 aliphatic rings. The first kappa shape index (κ1) is 20.2. The number of hydrogen-bond acceptors (Lipinski definition) is 1. The summed E-state index contributed by atoms with van der Waals surface area (Å²) in [5, 5.41) is 0. The van der Waals surface area contributed by atoms with E-state index in [0.717, 1.165) is 5.69 Å². The van der Waals surface area contributed by atoms with E-state index < -0.39 is 13.0 Å². The summed E-state index contributed by atoms with van der Waals surface area (Å²) in [5.41, 5.74) is 5.26. The summed E-state index contributed by atoms with van der Waals surface area (Å²) in [5.74, 6) is 0. The van der Waals surface area contributed by atoms with Crippen LogP contribution in [0, 0.1) is 0 Å². The maximum absolute atomic E-state index is 6.19. The molecular formula is C18H30AsCl2N. The number of benzene rings is 1. The second-order valence-electron chi connectivity index (χ2n) is 9.04. The average Bonchev–Trinajstić information content (AvgIpc) is 2.23. The van der Waals surface area contributed by atoms with Gasteiger partial charge in [0, 0.05) is 0 Å². The van der Waals surface area contributed by atoms with Gasteiger partial charge in [0.15, 0.2) is 0 Å². The van der Waals surface area contributed by atoms with Crippen molar-refractivity contribution in [2.24, 2.45) is 0 Å². The topological polar surface area (TPSA) is 12.0 Å². The first-order valence-electron chi connectivity index (χ1n) is 7.72. The molecule has 1 aromatic carbocycles. The van der Waals surface area contributed by atoms with Crippen molar-refractivity contribution in [1.29, 1.82) is 0 Å². The Balaban J connectivity index is 3.78. The van der Waals surface area contributed by atoms with Gasteiger partial charge in [-0.1, -0.05) is 0 Å². The third kappa shape index (κ3) is 5.08. The van der Waals surface area contributed by atoms with Crippen molar-refractivity contribution in [2.75, 3.05) is 4.23 Å². The van der Waals surface area contributed by atoms with Gasteiger partial charge in [0.1, 0.15) is 0 Å². The van der Waals surface area contributed by atoms with Crippen LogP contribution < -0.4 is 4.23 Å². The van der Waals surface area contributed by atoms with Gasteiger partial charge in [-0.3, -0.25) is 0 Å². The quantitative estimate of drug-likeness (QED) is 0.557. The predicted molar refractivity (Wildman–Crippen MR) is 104 cm³/mol. The second-order valence-corrected chi connectivity index (χ2v) is 14.9. The first-order chi connectivity index (χ1) is 9.64. The normalized spacial score (nSPS) is 13.6. The predicted octanol–water partition coefficient (Wildman–Crippen LogP) is 6.45. The maximum atomic E-state index is 6.19. The van der Waals surface area contributed by atoms with Crippen molar-refractivity contribution in [3.05, 3.63) is 28.8 Å². The Morgan fingerprint density at radius 3 is 1.32 bits per heavy atom. The Hall–Kier alpha value is 0.158. The SMILES string of the molecule is CC(C)(C)c1cc(C(C)(C)C)c(N[As](Cl)Cl)c(C(C)(C)C)c1. The summed E-state index contributed by atoms with van der Waals surface area (Å²) >= 11 is -2.03. The Kier molecular flexibility index (Phi) is 6.04. The van der Waals surface area contributed by atoms with Gasteiger partial charge in [0.25, 0.3) is 0 Å². The Labute approximate surface area is 150 Å². The zero-order valence-corrected chi connectivity index (χ0v) is 18.7. The Bertz CT molecular complexity index is 496. The molecule has 22 heavy (non-hydrogen) atoms. The molecule has 1 nitrogen and oxygen atoms in total. The fourth-order valence-corrected chi connectivity index (χ4v) is 4.20. The van der Waals surface area contributed by atoms with Crippen molar-refractivity contribution in [3.8, 4) is 0 Å². The fourth-order valence-electron chi connectivity index (χ4n) is 2.46. The average molecular weight is 406 g/mol. The van der Waals surface area contributed by atoms with E-state index in [0.29, 0.717) is 0 Å². The molecule has 0 bridgehead atoms. The molecule has 0 spiro atoms. The Morgan fingerprint density at radius 2 is 1.09 bits per heavy atom. The zero-order chi connectivity index (χ0) is 17.5. The number of anilines is 1. The summed E-state index contributed by atoms with van der Waals surface area (Å²) in [4.78, 5) is 0. The van der Waals surface area contributed by atoms with E-state index in [1.807, 2.05) is 0 Å². The van der Waals surface area contributed by atoms with Crippen molar-refractivity contribution in [1.82, 2.24) is 0 Å². The van der Waals surface area contributed by atoms with Crippen molar-refractivity contribution >= 4 is 38.6 Å². The fraction of sp³-hybridized carbons (Fsp3) is 0.667. The molecule has 0 atom stereocenters. The van der Waals surface area contributed by atoms with E-state index in [1.165, 1.54) is 16.7 Å². The van der Waals surface area contributed by atoms with Crippen LogP contribution in [0.4, 0.5) is 5.69 Å². The van der Waals surface area contributed by atoms with Crippen molar-refractivity contribution in [2.45, 2.75) is 78.6 Å². The van der Waals surface area contributed by atoms with Crippen LogP contribution in [0.5, 0.6) is 0 Å². The molecule has 0 amide bonds. The van der Waals surface area contributed by atoms with Gasteiger partial charge in [0.2, 0.25) is 0 Å². The van der Waals surface area contributed by atoms with E-state index in [2.05, 4.69) is 78.7 Å². The molecule has 0 fully saturated rings. The van der Waals surface area contributed by atoms with Crippen LogP contribution in [0.25, 0.3) is 0 Å². The number of halogens is 2. The van der Waals surface area contributed by atoms with E-state index in [-0.39, 0.29) is 16.2 Å². The van der Waals surface area contributed by atoms with Crippen LogP contribution in [-0.2, 0) is 16.2 Å². The van der Waals surface area contributed by atoms with Crippen LogP contribution in [0.3, 0.4) is 0 Å². The molecule has 1 N–H and O–H groups in total. The van der Waals surface area contributed by atoms with E-state index in [1.54, 1.807) is 0 Å². The molecule has 0 aromatic heterocycles. The van der Waals surface area contributed by atoms with Crippen LogP contribution >= 0.6 is 19.9 Å². The van der Waals surface area contributed by atoms with Crippen LogP contribution in [0.15, 0.2) is 12.1 Å². The molecule has 126 valence electrons. The van der Waals surface area contributed by atoms with Gasteiger partial charge in [-0.2, -0.15) is 0 Å². The second kappa shape index (κ2) is 6.58. The van der Waals surface area contributed by atoms with Gasteiger partial charge in [-0.05, 0) is 0 Å². The summed E-state index contributed by atoms with van der Waals surface area (Å²) < 4.78 is 3.41. The van der Waals surface area contributed by atoms with Gasteiger partial charge in [-0.25, -0.2) is 0 Å². The summed E-state index contributed by atoms with van der Waals surface area (Å²) in [6.45, 7) is 20.2. The standard InChI is InChI=1S/C18H30AsCl2N/c1-16(2,3)12-10-13(17(4,5)6)15(22-19(20)21)14(11-12)18(7,8)9/h10-11,22H,1-9H3. The molecule has 0 aliphatic heterocycles. The van der Waals surface area contributed by atoms with Crippen LogP contribution in [-0.4, -0.2) is 13.0 Å². The summed E-state index contributed by atoms with van der Waals surface area (Å²) in [6.07, 6.45) is 0. The molecule has 0 aliphatic carbocycles. The summed E-state index contributed by atoms with van der Waals surface area (Å²) in [6, 6.07) is 4.65. The minimum absolute atomic E-state index is 0.0295. The van der Waals surface area contributed by atoms with Gasteiger partial charge >= 0.3 is 150 Å². The third-order valence-electron chi connectivity index (χ3n) is 3.82. The number of rotatable bonds is 2. The van der Waals surface area contributed by atoms with Gasteiger partial charge in [-0.15, -0.1) is 0 Å².